The molecule has 0 aromatic carbocycles. The van der Waals surface area contributed by atoms with Crippen molar-refractivity contribution in [3.05, 3.63) is 5.01 Å². The van der Waals surface area contributed by atoms with Gasteiger partial charge in [0.1, 0.15) is 11.6 Å². The van der Waals surface area contributed by atoms with E-state index >= 15 is 0 Å². The van der Waals surface area contributed by atoms with Crippen LogP contribution in [0.25, 0.3) is 0 Å². The second kappa shape index (κ2) is 7.17. The lowest BCUT2D eigenvalue weighted by Gasteiger charge is -2.31. The molecule has 1 saturated heterocycles. The smallest absolute Gasteiger partial charge is 0.205 e. The van der Waals surface area contributed by atoms with Crippen molar-refractivity contribution in [1.29, 1.82) is 0 Å². The molecular weight excluding hydrogens is 262 g/mol. The van der Waals surface area contributed by atoms with Gasteiger partial charge in [0.2, 0.25) is 5.13 Å². The summed E-state index contributed by atoms with van der Waals surface area (Å²) >= 11 is 1.57. The van der Waals surface area contributed by atoms with Crippen molar-refractivity contribution in [3.63, 3.8) is 0 Å². The van der Waals surface area contributed by atoms with Crippen LogP contribution in [0.3, 0.4) is 0 Å². The first-order valence-corrected chi connectivity index (χ1v) is 7.82. The summed E-state index contributed by atoms with van der Waals surface area (Å²) in [6.45, 7) is 7.82. The predicted molar refractivity (Wildman–Crippen MR) is 76.5 cm³/mol. The number of aromatic nitrogens is 2. The maximum atomic E-state index is 5.93. The van der Waals surface area contributed by atoms with Gasteiger partial charge in [-0.25, -0.2) is 0 Å². The first-order chi connectivity index (χ1) is 9.17. The van der Waals surface area contributed by atoms with E-state index in [1.54, 1.807) is 11.3 Å². The van der Waals surface area contributed by atoms with E-state index in [-0.39, 0.29) is 18.3 Å². The van der Waals surface area contributed by atoms with Crippen molar-refractivity contribution in [2.75, 3.05) is 11.9 Å². The van der Waals surface area contributed by atoms with Gasteiger partial charge in [0.25, 0.3) is 0 Å². The normalized spacial score (nSPS) is 27.4. The number of rotatable bonds is 6. The Kier molecular flexibility index (Phi) is 5.54. The molecule has 0 radical (unpaired) electrons. The molecule has 1 fully saturated rings. The maximum Gasteiger partial charge on any atom is 0.205 e. The molecule has 1 N–H and O–H groups in total. The number of anilines is 1. The molecule has 0 saturated carbocycles. The lowest BCUT2D eigenvalue weighted by atomic mass is 10.0. The van der Waals surface area contributed by atoms with Crippen molar-refractivity contribution >= 4 is 16.5 Å². The van der Waals surface area contributed by atoms with E-state index in [9.17, 15) is 0 Å². The van der Waals surface area contributed by atoms with Crippen LogP contribution in [0.4, 0.5) is 5.13 Å². The minimum absolute atomic E-state index is 0.273. The Morgan fingerprint density at radius 1 is 1.32 bits per heavy atom. The third-order valence-electron chi connectivity index (χ3n) is 3.09. The molecule has 1 aromatic heterocycles. The van der Waals surface area contributed by atoms with Crippen LogP contribution in [0.5, 0.6) is 0 Å². The number of hydrogen-bond acceptors (Lipinski definition) is 6. The Hall–Kier alpha value is -0.720. The molecule has 0 spiro atoms. The highest BCUT2D eigenvalue weighted by Gasteiger charge is 2.25. The van der Waals surface area contributed by atoms with E-state index in [0.29, 0.717) is 6.61 Å². The zero-order valence-corrected chi connectivity index (χ0v) is 12.7. The Bertz CT molecular complexity index is 376. The lowest BCUT2D eigenvalue weighted by Crippen LogP contribution is -2.33. The lowest BCUT2D eigenvalue weighted by molar-refractivity contribution is -0.106. The second-order valence-corrected chi connectivity index (χ2v) is 6.15. The van der Waals surface area contributed by atoms with Gasteiger partial charge in [-0.05, 0) is 33.1 Å². The maximum absolute atomic E-state index is 5.93. The summed E-state index contributed by atoms with van der Waals surface area (Å²) in [5.74, 6) is 0. The van der Waals surface area contributed by atoms with Crippen LogP contribution >= 0.6 is 11.3 Å². The molecule has 0 aliphatic carbocycles. The molecule has 2 heterocycles. The minimum Gasteiger partial charge on any atom is -0.375 e. The largest absolute Gasteiger partial charge is 0.375 e. The van der Waals surface area contributed by atoms with Gasteiger partial charge < -0.3 is 14.8 Å². The van der Waals surface area contributed by atoms with Gasteiger partial charge in [0, 0.05) is 6.54 Å². The molecule has 0 amide bonds. The van der Waals surface area contributed by atoms with E-state index in [4.69, 9.17) is 9.47 Å². The van der Waals surface area contributed by atoms with Crippen molar-refractivity contribution < 1.29 is 9.47 Å². The zero-order valence-electron chi connectivity index (χ0n) is 11.9. The summed E-state index contributed by atoms with van der Waals surface area (Å²) < 4.78 is 11.6. The van der Waals surface area contributed by atoms with Gasteiger partial charge in [0.15, 0.2) is 0 Å². The molecule has 1 aliphatic rings. The Morgan fingerprint density at radius 3 is 2.74 bits per heavy atom. The zero-order chi connectivity index (χ0) is 13.7. The fraction of sp³-hybridized carbons (Fsp3) is 0.846. The van der Waals surface area contributed by atoms with Crippen molar-refractivity contribution in [2.24, 2.45) is 0 Å². The van der Waals surface area contributed by atoms with Crippen LogP contribution < -0.4 is 5.32 Å². The van der Waals surface area contributed by atoms with E-state index in [1.165, 1.54) is 0 Å². The standard InChI is InChI=1S/C13H23N3O2S/c1-4-5-14-13-16-15-12(19-13)8-17-11-6-9(2)18-10(3)7-11/h9-11H,4-8H2,1-3H3,(H,14,16). The van der Waals surface area contributed by atoms with Crippen LogP contribution in [-0.4, -0.2) is 35.1 Å². The average Bonchev–Trinajstić information content (AvgIpc) is 2.81. The highest BCUT2D eigenvalue weighted by Crippen LogP contribution is 2.23. The first-order valence-electron chi connectivity index (χ1n) is 7.00. The number of hydrogen-bond donors (Lipinski definition) is 1. The number of ether oxygens (including phenoxy) is 2. The SMILES string of the molecule is CCCNc1nnc(COC2CC(C)OC(C)C2)s1. The second-order valence-electron chi connectivity index (χ2n) is 5.09. The first kappa shape index (κ1) is 14.7. The highest BCUT2D eigenvalue weighted by molar-refractivity contribution is 7.15. The number of nitrogens with zero attached hydrogens (tertiary/aromatic N) is 2. The average molecular weight is 285 g/mol. The van der Waals surface area contributed by atoms with Gasteiger partial charge in [-0.15, -0.1) is 10.2 Å². The summed E-state index contributed by atoms with van der Waals surface area (Å²) in [5, 5.41) is 13.3. The van der Waals surface area contributed by atoms with E-state index in [2.05, 4.69) is 36.3 Å². The fourth-order valence-electron chi connectivity index (χ4n) is 2.28. The molecule has 1 aromatic rings. The Morgan fingerprint density at radius 2 is 2.05 bits per heavy atom. The molecule has 2 atom stereocenters. The monoisotopic (exact) mass is 285 g/mol. The molecular formula is C13H23N3O2S. The van der Waals surface area contributed by atoms with Gasteiger partial charge >= 0.3 is 0 Å². The Balaban J connectivity index is 1.76. The van der Waals surface area contributed by atoms with Gasteiger partial charge in [-0.3, -0.25) is 0 Å². The topological polar surface area (TPSA) is 56.3 Å². The summed E-state index contributed by atoms with van der Waals surface area (Å²) in [7, 11) is 0. The van der Waals surface area contributed by atoms with Crippen LogP contribution in [0, 0.1) is 0 Å². The van der Waals surface area contributed by atoms with E-state index in [0.717, 1.165) is 35.9 Å². The molecule has 108 valence electrons. The minimum atomic E-state index is 0.273. The van der Waals surface area contributed by atoms with Crippen LogP contribution in [0.1, 0.15) is 45.0 Å². The highest BCUT2D eigenvalue weighted by atomic mass is 32.1. The molecule has 2 unspecified atom stereocenters. The van der Waals surface area contributed by atoms with Gasteiger partial charge in [-0.2, -0.15) is 0 Å². The third kappa shape index (κ3) is 4.71. The summed E-state index contributed by atoms with van der Waals surface area (Å²) in [6.07, 6.45) is 3.85. The molecule has 0 bridgehead atoms. The van der Waals surface area contributed by atoms with Crippen molar-refractivity contribution in [2.45, 2.75) is 65.0 Å². The number of nitrogens with one attached hydrogen (secondary N) is 1. The quantitative estimate of drug-likeness (QED) is 0.871. The van der Waals surface area contributed by atoms with Gasteiger partial charge in [0.05, 0.1) is 18.3 Å². The van der Waals surface area contributed by atoms with Crippen molar-refractivity contribution in [1.82, 2.24) is 10.2 Å². The van der Waals surface area contributed by atoms with E-state index < -0.39 is 0 Å². The fourth-order valence-corrected chi connectivity index (χ4v) is 2.97. The third-order valence-corrected chi connectivity index (χ3v) is 3.94. The summed E-state index contributed by atoms with van der Waals surface area (Å²) in [4.78, 5) is 0. The molecule has 19 heavy (non-hydrogen) atoms. The Labute approximate surface area is 118 Å². The van der Waals surface area contributed by atoms with Crippen molar-refractivity contribution in [3.8, 4) is 0 Å². The summed E-state index contributed by atoms with van der Waals surface area (Å²) in [6, 6.07) is 0. The predicted octanol–water partition coefficient (Wildman–Crippen LogP) is 2.83. The molecule has 6 heteroatoms. The summed E-state index contributed by atoms with van der Waals surface area (Å²) in [5.41, 5.74) is 0. The molecule has 5 nitrogen and oxygen atoms in total. The van der Waals surface area contributed by atoms with Crippen LogP contribution in [-0.2, 0) is 16.1 Å². The molecule has 2 rings (SSSR count). The molecule has 1 aliphatic heterocycles. The van der Waals surface area contributed by atoms with Crippen LogP contribution in [0.2, 0.25) is 0 Å². The van der Waals surface area contributed by atoms with E-state index in [1.807, 2.05) is 0 Å². The van der Waals surface area contributed by atoms with Crippen LogP contribution in [0.15, 0.2) is 0 Å². The van der Waals surface area contributed by atoms with Gasteiger partial charge in [-0.1, -0.05) is 18.3 Å².